The molecule has 2 aromatic rings. The summed E-state index contributed by atoms with van der Waals surface area (Å²) < 4.78 is 0. The lowest BCUT2D eigenvalue weighted by Crippen LogP contribution is -2.36. The number of anilines is 1. The summed E-state index contributed by atoms with van der Waals surface area (Å²) in [4.78, 5) is 18.3. The van der Waals surface area contributed by atoms with Gasteiger partial charge in [0.1, 0.15) is 5.15 Å². The Bertz CT molecular complexity index is 675. The van der Waals surface area contributed by atoms with Crippen LogP contribution in [0.1, 0.15) is 16.7 Å². The number of halogens is 1. The number of nitrogens with one attached hydrogen (secondary N) is 1. The second-order valence-electron chi connectivity index (χ2n) is 5.52. The van der Waals surface area contributed by atoms with Crippen LogP contribution in [-0.4, -0.2) is 29.0 Å². The molecule has 0 unspecified atom stereocenters. The van der Waals surface area contributed by atoms with Gasteiger partial charge < -0.3 is 10.2 Å². The zero-order chi connectivity index (χ0) is 15.5. The van der Waals surface area contributed by atoms with Crippen LogP contribution in [0, 0.1) is 6.92 Å². The van der Waals surface area contributed by atoms with Gasteiger partial charge in [-0.05, 0) is 42.5 Å². The Hall–Kier alpha value is -2.07. The van der Waals surface area contributed by atoms with Crippen molar-refractivity contribution in [1.82, 2.24) is 9.88 Å². The van der Waals surface area contributed by atoms with E-state index in [9.17, 15) is 4.79 Å². The third kappa shape index (κ3) is 3.22. The highest BCUT2D eigenvalue weighted by molar-refractivity contribution is 6.30. The quantitative estimate of drug-likeness (QED) is 0.816. The van der Waals surface area contributed by atoms with Gasteiger partial charge in [-0.15, -0.1) is 0 Å². The molecule has 1 aliphatic heterocycles. The van der Waals surface area contributed by atoms with Crippen LogP contribution >= 0.6 is 11.6 Å². The zero-order valence-corrected chi connectivity index (χ0v) is 13.2. The second-order valence-corrected chi connectivity index (χ2v) is 5.88. The summed E-state index contributed by atoms with van der Waals surface area (Å²) in [6.07, 6.45) is 3.36. The highest BCUT2D eigenvalue weighted by atomic mass is 35.5. The summed E-state index contributed by atoms with van der Waals surface area (Å²) >= 11 is 5.90. The van der Waals surface area contributed by atoms with Crippen LogP contribution in [0.3, 0.4) is 0 Å². The number of urea groups is 1. The molecule has 3 rings (SSSR count). The molecule has 22 heavy (non-hydrogen) atoms. The number of aromatic nitrogens is 1. The van der Waals surface area contributed by atoms with E-state index in [-0.39, 0.29) is 6.03 Å². The van der Waals surface area contributed by atoms with Gasteiger partial charge in [-0.2, -0.15) is 0 Å². The van der Waals surface area contributed by atoms with Crippen LogP contribution in [-0.2, 0) is 12.8 Å². The fourth-order valence-electron chi connectivity index (χ4n) is 2.70. The van der Waals surface area contributed by atoms with E-state index in [1.165, 1.54) is 11.1 Å². The summed E-state index contributed by atoms with van der Waals surface area (Å²) in [6.45, 7) is 3.32. The van der Waals surface area contributed by atoms with Crippen molar-refractivity contribution in [1.29, 1.82) is 0 Å². The normalized spacial score (nSPS) is 14.2. The van der Waals surface area contributed by atoms with E-state index in [0.717, 1.165) is 31.5 Å². The fourth-order valence-corrected chi connectivity index (χ4v) is 2.80. The Morgan fingerprint density at radius 2 is 1.86 bits per heavy atom. The third-order valence-corrected chi connectivity index (χ3v) is 4.37. The summed E-state index contributed by atoms with van der Waals surface area (Å²) in [5, 5.41) is 3.36. The van der Waals surface area contributed by atoms with Crippen LogP contribution < -0.4 is 5.32 Å². The number of rotatable bonds is 1. The van der Waals surface area contributed by atoms with E-state index in [2.05, 4.69) is 34.6 Å². The van der Waals surface area contributed by atoms with E-state index < -0.39 is 0 Å². The molecule has 0 bridgehead atoms. The maximum absolute atomic E-state index is 12.4. The summed E-state index contributed by atoms with van der Waals surface area (Å²) in [6, 6.07) is 10.1. The molecule has 0 spiro atoms. The lowest BCUT2D eigenvalue weighted by atomic mass is 10.0. The van der Waals surface area contributed by atoms with Crippen LogP contribution in [0.2, 0.25) is 5.15 Å². The monoisotopic (exact) mass is 315 g/mol. The van der Waals surface area contributed by atoms with Crippen molar-refractivity contribution in [3.8, 4) is 0 Å². The van der Waals surface area contributed by atoms with E-state index in [1.54, 1.807) is 6.20 Å². The van der Waals surface area contributed by atoms with E-state index in [4.69, 9.17) is 11.6 Å². The van der Waals surface area contributed by atoms with Crippen molar-refractivity contribution in [2.75, 3.05) is 18.4 Å². The van der Waals surface area contributed by atoms with Crippen molar-refractivity contribution in [2.45, 2.75) is 19.8 Å². The second kappa shape index (κ2) is 6.36. The van der Waals surface area contributed by atoms with Crippen molar-refractivity contribution >= 4 is 23.3 Å². The van der Waals surface area contributed by atoms with Gasteiger partial charge in [-0.3, -0.25) is 0 Å². The minimum Gasteiger partial charge on any atom is -0.324 e. The Labute approximate surface area is 135 Å². The number of carbonyl (C=O) groups excluding carboxylic acids is 1. The largest absolute Gasteiger partial charge is 0.324 e. The molecule has 1 aromatic carbocycles. The Kier molecular flexibility index (Phi) is 4.29. The van der Waals surface area contributed by atoms with E-state index in [1.807, 2.05) is 17.9 Å². The molecule has 0 atom stereocenters. The van der Waals surface area contributed by atoms with Crippen LogP contribution in [0.25, 0.3) is 0 Å². The molecule has 1 aromatic heterocycles. The molecule has 2 heterocycles. The van der Waals surface area contributed by atoms with Gasteiger partial charge in [0.15, 0.2) is 0 Å². The fraction of sp³-hybridized carbons (Fsp3) is 0.294. The molecular formula is C17H18ClN3O. The number of pyridine rings is 1. The first kappa shape index (κ1) is 14.9. The third-order valence-electron chi connectivity index (χ3n) is 3.97. The topological polar surface area (TPSA) is 45.2 Å². The number of benzene rings is 1. The van der Waals surface area contributed by atoms with Gasteiger partial charge >= 0.3 is 6.03 Å². The van der Waals surface area contributed by atoms with Gasteiger partial charge in [-0.25, -0.2) is 9.78 Å². The van der Waals surface area contributed by atoms with Gasteiger partial charge in [0.05, 0.1) is 11.9 Å². The molecule has 0 radical (unpaired) electrons. The molecule has 2 amide bonds. The van der Waals surface area contributed by atoms with E-state index >= 15 is 0 Å². The highest BCUT2D eigenvalue weighted by Crippen LogP contribution is 2.18. The maximum atomic E-state index is 12.4. The first-order valence-corrected chi connectivity index (χ1v) is 7.76. The number of nitrogens with zero attached hydrogens (tertiary/aromatic N) is 2. The van der Waals surface area contributed by atoms with Gasteiger partial charge in [0, 0.05) is 13.1 Å². The molecule has 0 aliphatic carbocycles. The van der Waals surface area contributed by atoms with Crippen LogP contribution in [0.4, 0.5) is 10.5 Å². The molecule has 1 N–H and O–H groups in total. The first-order valence-electron chi connectivity index (χ1n) is 7.38. The molecular weight excluding hydrogens is 298 g/mol. The van der Waals surface area contributed by atoms with Gasteiger partial charge in [0.2, 0.25) is 0 Å². The number of hydrogen-bond donors (Lipinski definition) is 1. The number of hydrogen-bond acceptors (Lipinski definition) is 2. The average molecular weight is 316 g/mol. The highest BCUT2D eigenvalue weighted by Gasteiger charge is 2.18. The maximum Gasteiger partial charge on any atom is 0.321 e. The minimum absolute atomic E-state index is 0.0867. The summed E-state index contributed by atoms with van der Waals surface area (Å²) in [7, 11) is 0. The standard InChI is InChI=1S/C17H18ClN3O/c1-12-10-15(11-19-16(12)18)20-17(22)21-8-6-13-4-2-3-5-14(13)7-9-21/h2-5,10-11H,6-9H2,1H3,(H,20,22). The number of carbonyl (C=O) groups is 1. The van der Waals surface area contributed by atoms with Crippen molar-refractivity contribution in [3.05, 3.63) is 58.4 Å². The van der Waals surface area contributed by atoms with Crippen LogP contribution in [0.5, 0.6) is 0 Å². The predicted octanol–water partition coefficient (Wildman–Crippen LogP) is 3.68. The van der Waals surface area contributed by atoms with Crippen molar-refractivity contribution in [3.63, 3.8) is 0 Å². The lowest BCUT2D eigenvalue weighted by molar-refractivity contribution is 0.214. The zero-order valence-electron chi connectivity index (χ0n) is 12.5. The van der Waals surface area contributed by atoms with Gasteiger partial charge in [0.25, 0.3) is 0 Å². The minimum atomic E-state index is -0.0867. The summed E-state index contributed by atoms with van der Waals surface area (Å²) in [5.74, 6) is 0. The summed E-state index contributed by atoms with van der Waals surface area (Å²) in [5.41, 5.74) is 4.19. The molecule has 114 valence electrons. The first-order chi connectivity index (χ1) is 10.6. The van der Waals surface area contributed by atoms with E-state index in [0.29, 0.717) is 10.8 Å². The SMILES string of the molecule is Cc1cc(NC(=O)N2CCc3ccccc3CC2)cnc1Cl. The molecule has 0 fully saturated rings. The number of fused-ring (bicyclic) bond motifs is 1. The lowest BCUT2D eigenvalue weighted by Gasteiger charge is -2.20. The predicted molar refractivity (Wildman–Crippen MR) is 88.4 cm³/mol. The Balaban J connectivity index is 1.67. The molecule has 4 nitrogen and oxygen atoms in total. The van der Waals surface area contributed by atoms with Crippen molar-refractivity contribution < 1.29 is 4.79 Å². The number of amides is 2. The van der Waals surface area contributed by atoms with Gasteiger partial charge in [-0.1, -0.05) is 35.9 Å². The van der Waals surface area contributed by atoms with Crippen molar-refractivity contribution in [2.24, 2.45) is 0 Å². The number of aryl methyl sites for hydroxylation is 1. The molecule has 1 aliphatic rings. The molecule has 5 heteroatoms. The average Bonchev–Trinajstić information content (AvgIpc) is 2.73. The smallest absolute Gasteiger partial charge is 0.321 e. The Morgan fingerprint density at radius 1 is 1.23 bits per heavy atom. The van der Waals surface area contributed by atoms with Crippen LogP contribution in [0.15, 0.2) is 36.5 Å². The Morgan fingerprint density at radius 3 is 2.45 bits per heavy atom. The molecule has 0 saturated carbocycles. The molecule has 0 saturated heterocycles.